The van der Waals surface area contributed by atoms with Crippen molar-refractivity contribution < 1.29 is 24.0 Å². The molecule has 33 heavy (non-hydrogen) atoms. The number of carbonyl (C=O) groups is 2. The maximum absolute atomic E-state index is 11.9. The lowest BCUT2D eigenvalue weighted by molar-refractivity contribution is -0.133. The number of nitrogens with zero attached hydrogens (tertiary/aromatic N) is 2. The summed E-state index contributed by atoms with van der Waals surface area (Å²) in [7, 11) is 0. The number of aromatic nitrogens is 2. The molecule has 3 N–H and O–H groups in total. The molecule has 9 nitrogen and oxygen atoms in total. The van der Waals surface area contributed by atoms with Crippen molar-refractivity contribution in [2.75, 3.05) is 0 Å². The zero-order valence-corrected chi connectivity index (χ0v) is 19.5. The molecule has 0 fully saturated rings. The van der Waals surface area contributed by atoms with E-state index in [1.807, 2.05) is 45.0 Å². The van der Waals surface area contributed by atoms with Crippen molar-refractivity contribution in [2.24, 2.45) is 0 Å². The average molecular weight is 457 g/mol. The SMILES string of the molecule is CCC(CC)O[C@@H]1C=C(C(=O)O)C[C@H](NCc2noc(-c3cccc(C)c3)n2)[C@H]1NC(C)=O. The number of ether oxygens (including phenoxy) is 1. The zero-order valence-electron chi connectivity index (χ0n) is 19.5. The predicted octanol–water partition coefficient (Wildman–Crippen LogP) is 3.00. The van der Waals surface area contributed by atoms with Gasteiger partial charge in [-0.1, -0.05) is 36.7 Å². The molecule has 3 rings (SSSR count). The molecule has 3 atom stereocenters. The summed E-state index contributed by atoms with van der Waals surface area (Å²) in [5, 5.41) is 19.9. The molecule has 1 aromatic heterocycles. The normalized spacial score (nSPS) is 20.5. The van der Waals surface area contributed by atoms with E-state index in [1.54, 1.807) is 6.08 Å². The van der Waals surface area contributed by atoms with Gasteiger partial charge in [0.05, 0.1) is 24.8 Å². The van der Waals surface area contributed by atoms with Gasteiger partial charge in [0, 0.05) is 24.1 Å². The molecule has 178 valence electrons. The van der Waals surface area contributed by atoms with Gasteiger partial charge in [0.25, 0.3) is 5.89 Å². The molecule has 1 aliphatic carbocycles. The molecule has 0 unspecified atom stereocenters. The van der Waals surface area contributed by atoms with Gasteiger partial charge >= 0.3 is 5.97 Å². The Morgan fingerprint density at radius 3 is 2.70 bits per heavy atom. The van der Waals surface area contributed by atoms with Crippen molar-refractivity contribution in [1.82, 2.24) is 20.8 Å². The van der Waals surface area contributed by atoms with Crippen molar-refractivity contribution in [2.45, 2.75) is 77.8 Å². The minimum absolute atomic E-state index is 0.0367. The van der Waals surface area contributed by atoms with Crippen LogP contribution in [0.2, 0.25) is 0 Å². The first-order valence-electron chi connectivity index (χ1n) is 11.3. The van der Waals surface area contributed by atoms with Crippen LogP contribution in [-0.4, -0.2) is 51.4 Å². The predicted molar refractivity (Wildman–Crippen MR) is 122 cm³/mol. The number of nitrogens with one attached hydrogen (secondary N) is 2. The Bertz CT molecular complexity index is 998. The highest BCUT2D eigenvalue weighted by atomic mass is 16.5. The first-order chi connectivity index (χ1) is 15.8. The Morgan fingerprint density at radius 1 is 1.30 bits per heavy atom. The first kappa shape index (κ1) is 24.6. The summed E-state index contributed by atoms with van der Waals surface area (Å²) >= 11 is 0. The van der Waals surface area contributed by atoms with Crippen LogP contribution < -0.4 is 10.6 Å². The van der Waals surface area contributed by atoms with E-state index in [-0.39, 0.29) is 36.6 Å². The standard InChI is InChI=1S/C24H32N4O5/c1-5-18(6-2)32-20-12-17(24(30)31)11-19(22(20)26-15(4)29)25-13-21-27-23(33-28-21)16-9-7-8-14(3)10-16/h7-10,12,18-20,22,25H,5-6,11,13H2,1-4H3,(H,26,29)(H,30,31)/t19-,20+,22+/m0/s1. The highest BCUT2D eigenvalue weighted by Gasteiger charge is 2.37. The number of amides is 1. The van der Waals surface area contributed by atoms with E-state index in [0.717, 1.165) is 24.0 Å². The van der Waals surface area contributed by atoms with Crippen molar-refractivity contribution >= 4 is 11.9 Å². The van der Waals surface area contributed by atoms with Crippen LogP contribution >= 0.6 is 0 Å². The second-order valence-corrected chi connectivity index (χ2v) is 8.34. The van der Waals surface area contributed by atoms with Crippen LogP contribution in [0.25, 0.3) is 11.5 Å². The Kier molecular flexibility index (Phi) is 8.35. The lowest BCUT2D eigenvalue weighted by Crippen LogP contribution is -2.58. The molecule has 1 amide bonds. The quantitative estimate of drug-likeness (QED) is 0.498. The molecule has 1 heterocycles. The molecule has 0 bridgehead atoms. The zero-order chi connectivity index (χ0) is 24.0. The average Bonchev–Trinajstić information content (AvgIpc) is 3.26. The summed E-state index contributed by atoms with van der Waals surface area (Å²) in [5.74, 6) is -0.350. The van der Waals surface area contributed by atoms with Crippen molar-refractivity contribution in [3.05, 3.63) is 47.3 Å². The van der Waals surface area contributed by atoms with E-state index in [4.69, 9.17) is 9.26 Å². The number of rotatable bonds is 10. The van der Waals surface area contributed by atoms with Crippen molar-refractivity contribution in [1.29, 1.82) is 0 Å². The number of aliphatic carboxylic acids is 1. The third kappa shape index (κ3) is 6.49. The molecule has 1 aromatic carbocycles. The molecule has 0 saturated carbocycles. The van der Waals surface area contributed by atoms with E-state index < -0.39 is 18.1 Å². The van der Waals surface area contributed by atoms with Crippen LogP contribution in [0.5, 0.6) is 0 Å². The fourth-order valence-electron chi connectivity index (χ4n) is 4.01. The number of aryl methyl sites for hydroxylation is 1. The summed E-state index contributed by atoms with van der Waals surface area (Å²) in [6.45, 7) is 7.71. The maximum Gasteiger partial charge on any atom is 0.331 e. The van der Waals surface area contributed by atoms with E-state index in [9.17, 15) is 14.7 Å². The van der Waals surface area contributed by atoms with Crippen molar-refractivity contribution in [3.63, 3.8) is 0 Å². The third-order valence-corrected chi connectivity index (χ3v) is 5.75. The summed E-state index contributed by atoms with van der Waals surface area (Å²) in [6, 6.07) is 6.95. The van der Waals surface area contributed by atoms with Gasteiger partial charge in [0.15, 0.2) is 5.82 Å². The number of carboxylic acid groups (broad SMARTS) is 1. The van der Waals surface area contributed by atoms with E-state index in [0.29, 0.717) is 11.7 Å². The third-order valence-electron chi connectivity index (χ3n) is 5.75. The van der Waals surface area contributed by atoms with Crippen LogP contribution in [0, 0.1) is 6.92 Å². The van der Waals surface area contributed by atoms with E-state index >= 15 is 0 Å². The summed E-state index contributed by atoms with van der Waals surface area (Å²) in [6.07, 6.45) is 2.82. The summed E-state index contributed by atoms with van der Waals surface area (Å²) in [5.41, 5.74) is 2.16. The monoisotopic (exact) mass is 456 g/mol. The van der Waals surface area contributed by atoms with E-state index in [1.165, 1.54) is 6.92 Å². The molecular formula is C24H32N4O5. The fraction of sp³-hybridized carbons (Fsp3) is 0.500. The topological polar surface area (TPSA) is 127 Å². The number of hydrogen-bond donors (Lipinski definition) is 3. The van der Waals surface area contributed by atoms with Crippen molar-refractivity contribution in [3.8, 4) is 11.5 Å². The molecule has 2 aromatic rings. The Morgan fingerprint density at radius 2 is 2.06 bits per heavy atom. The Balaban J connectivity index is 1.78. The fourth-order valence-corrected chi connectivity index (χ4v) is 4.01. The molecule has 0 aliphatic heterocycles. The van der Waals surface area contributed by atoms with E-state index in [2.05, 4.69) is 20.8 Å². The van der Waals surface area contributed by atoms with Gasteiger partial charge in [-0.05, 0) is 44.4 Å². The number of hydrogen-bond acceptors (Lipinski definition) is 7. The van der Waals surface area contributed by atoms with Crippen LogP contribution in [0.1, 0.15) is 51.4 Å². The summed E-state index contributed by atoms with van der Waals surface area (Å²) < 4.78 is 11.6. The molecule has 0 radical (unpaired) electrons. The van der Waals surface area contributed by atoms with Crippen LogP contribution in [0.15, 0.2) is 40.4 Å². The molecule has 9 heteroatoms. The highest BCUT2D eigenvalue weighted by molar-refractivity contribution is 5.87. The number of carboxylic acids is 1. The minimum Gasteiger partial charge on any atom is -0.478 e. The number of carbonyl (C=O) groups excluding carboxylic acids is 1. The minimum atomic E-state index is -0.998. The number of benzene rings is 1. The summed E-state index contributed by atoms with van der Waals surface area (Å²) in [4.78, 5) is 28.2. The molecule has 0 saturated heterocycles. The molecule has 1 aliphatic rings. The van der Waals surface area contributed by atoms with Crippen LogP contribution in [0.3, 0.4) is 0 Å². The van der Waals surface area contributed by atoms with Gasteiger partial charge < -0.3 is 25.0 Å². The Labute approximate surface area is 193 Å². The maximum atomic E-state index is 11.9. The van der Waals surface area contributed by atoms with Gasteiger partial charge in [-0.25, -0.2) is 4.79 Å². The molecular weight excluding hydrogens is 424 g/mol. The van der Waals surface area contributed by atoms with Gasteiger partial charge in [0.2, 0.25) is 5.91 Å². The lowest BCUT2D eigenvalue weighted by atomic mass is 9.87. The van der Waals surface area contributed by atoms with Gasteiger partial charge in [-0.2, -0.15) is 4.98 Å². The Hall–Kier alpha value is -3.04. The van der Waals surface area contributed by atoms with Crippen LogP contribution in [-0.2, 0) is 20.9 Å². The van der Waals surface area contributed by atoms with Gasteiger partial charge in [0.1, 0.15) is 0 Å². The smallest absolute Gasteiger partial charge is 0.331 e. The van der Waals surface area contributed by atoms with Gasteiger partial charge in [-0.15, -0.1) is 0 Å². The second-order valence-electron chi connectivity index (χ2n) is 8.34. The first-order valence-corrected chi connectivity index (χ1v) is 11.3. The van der Waals surface area contributed by atoms with Gasteiger partial charge in [-0.3, -0.25) is 4.79 Å². The van der Waals surface area contributed by atoms with Crippen LogP contribution in [0.4, 0.5) is 0 Å². The lowest BCUT2D eigenvalue weighted by Gasteiger charge is -2.38. The highest BCUT2D eigenvalue weighted by Crippen LogP contribution is 2.25. The largest absolute Gasteiger partial charge is 0.478 e. The second kappa shape index (κ2) is 11.2. The molecule has 0 spiro atoms.